The molecule has 0 fully saturated rings. The van der Waals surface area contributed by atoms with Crippen molar-refractivity contribution in [1.29, 1.82) is 0 Å². The van der Waals surface area contributed by atoms with Gasteiger partial charge in [-0.25, -0.2) is 0 Å². The summed E-state index contributed by atoms with van der Waals surface area (Å²) in [6.07, 6.45) is 27.1. The van der Waals surface area contributed by atoms with E-state index in [1.165, 1.54) is 92.3 Å². The fourth-order valence-corrected chi connectivity index (χ4v) is 6.60. The molecule has 1 heterocycles. The zero-order valence-corrected chi connectivity index (χ0v) is 25.7. The topological polar surface area (TPSA) is 20.3 Å². The molecule has 0 aliphatic heterocycles. The molecule has 0 saturated heterocycles. The summed E-state index contributed by atoms with van der Waals surface area (Å²) in [6.45, 7) is 6.86. The second-order valence-corrected chi connectivity index (χ2v) is 12.4. The van der Waals surface area contributed by atoms with Crippen molar-refractivity contribution in [3.05, 3.63) is 81.6 Å². The number of hydrogen-bond donors (Lipinski definition) is 0. The molecule has 2 nitrogen and oxygen atoms in total. The summed E-state index contributed by atoms with van der Waals surface area (Å²) in [5, 5.41) is 2.19. The molecule has 1 atom stereocenters. The number of allylic oxidation sites excluding steroid dienone is 4. The van der Waals surface area contributed by atoms with Gasteiger partial charge in [-0.3, -0.25) is 9.69 Å². The third-order valence-electron chi connectivity index (χ3n) is 8.13. The first-order valence-electron chi connectivity index (χ1n) is 15.9. The molecule has 1 unspecified atom stereocenters. The fraction of sp³-hybridized carbons (Fsp3) is 0.583. The highest BCUT2D eigenvalue weighted by molar-refractivity contribution is 7.09. The highest BCUT2D eigenvalue weighted by atomic mass is 32.1. The van der Waals surface area contributed by atoms with E-state index in [-0.39, 0.29) is 0 Å². The Hall–Kier alpha value is -1.97. The lowest BCUT2D eigenvalue weighted by molar-refractivity contribution is -0.118. The van der Waals surface area contributed by atoms with Crippen LogP contribution >= 0.6 is 11.3 Å². The average Bonchev–Trinajstić information content (AvgIpc) is 3.47. The molecule has 214 valence electrons. The van der Waals surface area contributed by atoms with Gasteiger partial charge in [-0.15, -0.1) is 11.3 Å². The summed E-state index contributed by atoms with van der Waals surface area (Å²) in [5.41, 5.74) is 4.26. The largest absolute Gasteiger partial charge is 0.300 e. The smallest absolute Gasteiger partial charge is 0.137 e. The Morgan fingerprint density at radius 3 is 2.49 bits per heavy atom. The molecule has 1 aliphatic rings. The number of ketones is 1. The number of Topliss-reactive ketones (excluding diaryl/α,β-unsaturated/α-hetero) is 1. The SMILES string of the molecule is CCCC/C=C/C=C/CCCCCCCC(=O)Cc1cccc2c1CCC(N(CCC)CCc1cccs1)C2. The molecule has 0 radical (unpaired) electrons. The van der Waals surface area contributed by atoms with E-state index in [1.54, 1.807) is 0 Å². The van der Waals surface area contributed by atoms with Crippen molar-refractivity contribution in [2.45, 2.75) is 123 Å². The number of unbranched alkanes of at least 4 members (excludes halogenated alkanes) is 7. The van der Waals surface area contributed by atoms with Crippen molar-refractivity contribution in [3.8, 4) is 0 Å². The maximum absolute atomic E-state index is 12.8. The number of hydrogen-bond acceptors (Lipinski definition) is 3. The number of benzene rings is 1. The Kier molecular flexibility index (Phi) is 15.5. The van der Waals surface area contributed by atoms with Crippen LogP contribution in [0.5, 0.6) is 0 Å². The standard InChI is InChI=1S/C36H53NOS/c1-3-5-6-7-8-9-10-11-12-13-14-15-16-21-34(38)30-32-20-17-19-31-29-33(23-24-36(31)32)37(26-4-2)27-25-35-22-18-28-39-35/h7-10,17-20,22,28,33H,3-6,11-16,21,23-27,29-30H2,1-2H3/b8-7+,10-9+. The van der Waals surface area contributed by atoms with Crippen molar-refractivity contribution in [2.75, 3.05) is 13.1 Å². The normalized spacial score (nSPS) is 15.5. The van der Waals surface area contributed by atoms with E-state index < -0.39 is 0 Å². The van der Waals surface area contributed by atoms with E-state index in [4.69, 9.17) is 0 Å². The Balaban J connectivity index is 1.35. The van der Waals surface area contributed by atoms with Crippen molar-refractivity contribution in [3.63, 3.8) is 0 Å². The molecule has 39 heavy (non-hydrogen) atoms. The summed E-state index contributed by atoms with van der Waals surface area (Å²) < 4.78 is 0. The molecule has 1 aromatic carbocycles. The van der Waals surface area contributed by atoms with Crippen LogP contribution in [0.25, 0.3) is 0 Å². The zero-order valence-electron chi connectivity index (χ0n) is 24.8. The minimum atomic E-state index is 0.423. The van der Waals surface area contributed by atoms with Gasteiger partial charge < -0.3 is 0 Å². The van der Waals surface area contributed by atoms with Gasteiger partial charge in [0, 0.05) is 30.3 Å². The number of nitrogens with zero attached hydrogens (tertiary/aromatic N) is 1. The maximum Gasteiger partial charge on any atom is 0.137 e. The highest BCUT2D eigenvalue weighted by Gasteiger charge is 2.25. The van der Waals surface area contributed by atoms with E-state index in [0.717, 1.165) is 38.6 Å². The third kappa shape index (κ3) is 12.0. The second kappa shape index (κ2) is 19.2. The van der Waals surface area contributed by atoms with Gasteiger partial charge in [-0.1, -0.05) is 94.5 Å². The van der Waals surface area contributed by atoms with Crippen molar-refractivity contribution in [2.24, 2.45) is 0 Å². The molecule has 0 spiro atoms. The second-order valence-electron chi connectivity index (χ2n) is 11.3. The molecule has 1 aliphatic carbocycles. The van der Waals surface area contributed by atoms with Gasteiger partial charge in [0.05, 0.1) is 0 Å². The monoisotopic (exact) mass is 547 g/mol. The summed E-state index contributed by atoms with van der Waals surface area (Å²) in [4.78, 5) is 17.0. The predicted octanol–water partition coefficient (Wildman–Crippen LogP) is 9.70. The van der Waals surface area contributed by atoms with Crippen LogP contribution in [-0.2, 0) is 30.5 Å². The van der Waals surface area contributed by atoms with Crippen LogP contribution in [0.15, 0.2) is 60.0 Å². The summed E-state index contributed by atoms with van der Waals surface area (Å²) >= 11 is 1.88. The minimum absolute atomic E-state index is 0.423. The maximum atomic E-state index is 12.8. The predicted molar refractivity (Wildman–Crippen MR) is 171 cm³/mol. The van der Waals surface area contributed by atoms with Gasteiger partial charge >= 0.3 is 0 Å². The Morgan fingerprint density at radius 2 is 1.72 bits per heavy atom. The van der Waals surface area contributed by atoms with Crippen LogP contribution < -0.4 is 0 Å². The molecule has 0 amide bonds. The Labute approximate surface area is 243 Å². The number of fused-ring (bicyclic) bond motifs is 1. The first-order chi connectivity index (χ1) is 19.2. The van der Waals surface area contributed by atoms with E-state index in [0.29, 0.717) is 18.2 Å². The lowest BCUT2D eigenvalue weighted by Gasteiger charge is -2.36. The molecule has 0 N–H and O–H groups in total. The molecular formula is C36H53NOS. The molecular weight excluding hydrogens is 494 g/mol. The highest BCUT2D eigenvalue weighted by Crippen LogP contribution is 2.28. The first kappa shape index (κ1) is 31.6. The Bertz CT molecular complexity index is 989. The van der Waals surface area contributed by atoms with Crippen LogP contribution in [-0.4, -0.2) is 29.8 Å². The molecule has 3 rings (SSSR count). The van der Waals surface area contributed by atoms with Crippen molar-refractivity contribution in [1.82, 2.24) is 4.90 Å². The van der Waals surface area contributed by atoms with E-state index in [9.17, 15) is 4.79 Å². The van der Waals surface area contributed by atoms with E-state index in [1.807, 2.05) is 11.3 Å². The lowest BCUT2D eigenvalue weighted by atomic mass is 9.83. The molecule has 0 saturated carbocycles. The molecule has 3 heteroatoms. The lowest BCUT2D eigenvalue weighted by Crippen LogP contribution is -2.41. The van der Waals surface area contributed by atoms with Gasteiger partial charge in [0.25, 0.3) is 0 Å². The minimum Gasteiger partial charge on any atom is -0.300 e. The number of carbonyl (C=O) groups is 1. The van der Waals surface area contributed by atoms with Gasteiger partial charge in [0.15, 0.2) is 0 Å². The van der Waals surface area contributed by atoms with Gasteiger partial charge in [-0.05, 0) is 92.5 Å². The molecule has 0 bridgehead atoms. The summed E-state index contributed by atoms with van der Waals surface area (Å²) in [5.74, 6) is 0.423. The van der Waals surface area contributed by atoms with Gasteiger partial charge in [0.1, 0.15) is 5.78 Å². The number of rotatable bonds is 20. The quantitative estimate of drug-likeness (QED) is 0.121. The van der Waals surface area contributed by atoms with Gasteiger partial charge in [-0.2, -0.15) is 0 Å². The van der Waals surface area contributed by atoms with Gasteiger partial charge in [0.2, 0.25) is 0 Å². The summed E-state index contributed by atoms with van der Waals surface area (Å²) in [7, 11) is 0. The Morgan fingerprint density at radius 1 is 0.923 bits per heavy atom. The van der Waals surface area contributed by atoms with E-state index >= 15 is 0 Å². The molecule has 2 aromatic rings. The zero-order chi connectivity index (χ0) is 27.5. The third-order valence-corrected chi connectivity index (χ3v) is 9.06. The van der Waals surface area contributed by atoms with Crippen LogP contribution in [0.1, 0.15) is 112 Å². The first-order valence-corrected chi connectivity index (χ1v) is 16.8. The fourth-order valence-electron chi connectivity index (χ4n) is 5.90. The number of thiophene rings is 1. The van der Waals surface area contributed by atoms with Crippen LogP contribution in [0.4, 0.5) is 0 Å². The van der Waals surface area contributed by atoms with Crippen molar-refractivity contribution >= 4 is 17.1 Å². The van der Waals surface area contributed by atoms with Crippen LogP contribution in [0, 0.1) is 0 Å². The number of carbonyl (C=O) groups excluding carboxylic acids is 1. The van der Waals surface area contributed by atoms with Crippen LogP contribution in [0.2, 0.25) is 0 Å². The van der Waals surface area contributed by atoms with E-state index in [2.05, 4.69) is 78.8 Å². The average molecular weight is 548 g/mol. The van der Waals surface area contributed by atoms with Crippen molar-refractivity contribution < 1.29 is 4.79 Å². The summed E-state index contributed by atoms with van der Waals surface area (Å²) in [6, 6.07) is 11.8. The molecule has 1 aromatic heterocycles. The van der Waals surface area contributed by atoms with Crippen LogP contribution in [0.3, 0.4) is 0 Å².